The maximum absolute atomic E-state index is 12.0. The molecule has 22 heavy (non-hydrogen) atoms. The van der Waals surface area contributed by atoms with Crippen LogP contribution in [0, 0.1) is 0 Å². The van der Waals surface area contributed by atoms with Gasteiger partial charge in [0.2, 0.25) is 5.91 Å². The van der Waals surface area contributed by atoms with Gasteiger partial charge in [-0.25, -0.2) is 0 Å². The second kappa shape index (κ2) is 6.58. The molecule has 5 nitrogen and oxygen atoms in total. The molecular weight excluding hydrogens is 418 g/mol. The number of carbonyl (C=O) groups is 1. The van der Waals surface area contributed by atoms with Gasteiger partial charge < -0.3 is 19.2 Å². The van der Waals surface area contributed by atoms with E-state index in [4.69, 9.17) is 13.9 Å². The highest BCUT2D eigenvalue weighted by Crippen LogP contribution is 2.38. The zero-order chi connectivity index (χ0) is 15.5. The highest BCUT2D eigenvalue weighted by atomic mass is 79.9. The van der Waals surface area contributed by atoms with Crippen LogP contribution in [-0.2, 0) is 4.79 Å². The Morgan fingerprint density at radius 1 is 1.14 bits per heavy atom. The van der Waals surface area contributed by atoms with Crippen LogP contribution in [0.4, 0.5) is 5.69 Å². The number of ether oxygens (including phenoxy) is 2. The molecule has 1 aromatic carbocycles. The molecule has 7 heteroatoms. The summed E-state index contributed by atoms with van der Waals surface area (Å²) in [5.74, 6) is 1.59. The monoisotopic (exact) mass is 427 g/mol. The minimum atomic E-state index is -0.273. The second-order valence-electron chi connectivity index (χ2n) is 4.44. The highest BCUT2D eigenvalue weighted by Gasteiger charge is 2.15. The SMILES string of the molecule is O=C(C=Cc1ccc(Br)o1)Nc1cc2c(cc1Br)OCCO2. The Morgan fingerprint density at radius 3 is 2.55 bits per heavy atom. The van der Waals surface area contributed by atoms with Crippen LogP contribution in [0.2, 0.25) is 0 Å². The molecule has 0 fully saturated rings. The Balaban J connectivity index is 1.72. The van der Waals surface area contributed by atoms with E-state index >= 15 is 0 Å². The van der Waals surface area contributed by atoms with E-state index in [0.29, 0.717) is 40.8 Å². The summed E-state index contributed by atoms with van der Waals surface area (Å²) in [5.41, 5.74) is 0.611. The van der Waals surface area contributed by atoms with Crippen molar-refractivity contribution in [2.75, 3.05) is 18.5 Å². The summed E-state index contributed by atoms with van der Waals surface area (Å²) in [5, 5.41) is 2.78. The van der Waals surface area contributed by atoms with Crippen LogP contribution >= 0.6 is 31.9 Å². The number of rotatable bonds is 3. The van der Waals surface area contributed by atoms with Gasteiger partial charge in [-0.2, -0.15) is 0 Å². The van der Waals surface area contributed by atoms with Crippen molar-refractivity contribution in [2.45, 2.75) is 0 Å². The number of halogens is 2. The summed E-state index contributed by atoms with van der Waals surface area (Å²) in [6.07, 6.45) is 2.99. The average Bonchev–Trinajstić information content (AvgIpc) is 2.91. The topological polar surface area (TPSA) is 60.7 Å². The van der Waals surface area contributed by atoms with Crippen LogP contribution in [-0.4, -0.2) is 19.1 Å². The fourth-order valence-corrected chi connectivity index (χ4v) is 2.65. The molecule has 2 aromatic rings. The van der Waals surface area contributed by atoms with Crippen LogP contribution in [0.3, 0.4) is 0 Å². The lowest BCUT2D eigenvalue weighted by atomic mass is 10.2. The minimum Gasteiger partial charge on any atom is -0.486 e. The van der Waals surface area contributed by atoms with Gasteiger partial charge in [0.1, 0.15) is 19.0 Å². The van der Waals surface area contributed by atoms with Crippen molar-refractivity contribution < 1.29 is 18.7 Å². The normalized spacial score (nSPS) is 13.4. The predicted molar refractivity (Wildman–Crippen MR) is 89.2 cm³/mol. The lowest BCUT2D eigenvalue weighted by Crippen LogP contribution is -2.16. The fraction of sp³-hybridized carbons (Fsp3) is 0.133. The summed E-state index contributed by atoms with van der Waals surface area (Å²) in [4.78, 5) is 12.0. The third-order valence-corrected chi connectivity index (χ3v) is 3.96. The van der Waals surface area contributed by atoms with E-state index in [2.05, 4.69) is 37.2 Å². The van der Waals surface area contributed by atoms with Crippen LogP contribution in [0.15, 0.2) is 43.9 Å². The van der Waals surface area contributed by atoms with Gasteiger partial charge in [-0.05, 0) is 50.1 Å². The lowest BCUT2D eigenvalue weighted by Gasteiger charge is -2.19. The van der Waals surface area contributed by atoms with E-state index in [1.807, 2.05) is 0 Å². The molecule has 0 aliphatic carbocycles. The van der Waals surface area contributed by atoms with Gasteiger partial charge >= 0.3 is 0 Å². The van der Waals surface area contributed by atoms with Crippen LogP contribution in [0.1, 0.15) is 5.76 Å². The summed E-state index contributed by atoms with van der Waals surface area (Å²) < 4.78 is 17.6. The number of carbonyl (C=O) groups excluding carboxylic acids is 1. The van der Waals surface area contributed by atoms with Crippen molar-refractivity contribution in [3.05, 3.63) is 45.2 Å². The smallest absolute Gasteiger partial charge is 0.248 e. The zero-order valence-corrected chi connectivity index (χ0v) is 14.4. The molecule has 114 valence electrons. The van der Waals surface area contributed by atoms with Crippen molar-refractivity contribution in [2.24, 2.45) is 0 Å². The van der Waals surface area contributed by atoms with Crippen molar-refractivity contribution >= 4 is 49.5 Å². The van der Waals surface area contributed by atoms with E-state index in [9.17, 15) is 4.79 Å². The molecule has 1 amide bonds. The molecule has 1 aromatic heterocycles. The van der Waals surface area contributed by atoms with Crippen molar-refractivity contribution in [3.8, 4) is 11.5 Å². The van der Waals surface area contributed by atoms with Gasteiger partial charge in [-0.1, -0.05) is 0 Å². The standard InChI is InChI=1S/C15H11Br2NO4/c16-10-7-12-13(21-6-5-20-12)8-11(10)18-15(19)4-2-9-1-3-14(17)22-9/h1-4,7-8H,5-6H2,(H,18,19). The lowest BCUT2D eigenvalue weighted by molar-refractivity contribution is -0.111. The molecule has 1 N–H and O–H groups in total. The number of hydrogen-bond donors (Lipinski definition) is 1. The molecule has 1 aliphatic heterocycles. The maximum Gasteiger partial charge on any atom is 0.248 e. The maximum atomic E-state index is 12.0. The van der Waals surface area contributed by atoms with Crippen LogP contribution in [0.5, 0.6) is 11.5 Å². The molecular formula is C15H11Br2NO4. The number of amides is 1. The van der Waals surface area contributed by atoms with Crippen molar-refractivity contribution in [1.82, 2.24) is 0 Å². The number of nitrogens with one attached hydrogen (secondary N) is 1. The first kappa shape index (κ1) is 15.2. The van der Waals surface area contributed by atoms with Crippen molar-refractivity contribution in [1.29, 1.82) is 0 Å². The molecule has 0 saturated carbocycles. The van der Waals surface area contributed by atoms with Crippen molar-refractivity contribution in [3.63, 3.8) is 0 Å². The molecule has 3 rings (SSSR count). The molecule has 0 unspecified atom stereocenters. The first-order valence-corrected chi connectivity index (χ1v) is 8.04. The van der Waals surface area contributed by atoms with Gasteiger partial charge in [0.05, 0.1) is 5.69 Å². The van der Waals surface area contributed by atoms with E-state index in [1.165, 1.54) is 6.08 Å². The molecule has 0 saturated heterocycles. The second-order valence-corrected chi connectivity index (χ2v) is 6.08. The summed E-state index contributed by atoms with van der Waals surface area (Å²) >= 11 is 6.61. The number of hydrogen-bond acceptors (Lipinski definition) is 4. The number of anilines is 1. The minimum absolute atomic E-state index is 0.273. The first-order chi connectivity index (χ1) is 10.6. The number of fused-ring (bicyclic) bond motifs is 1. The molecule has 1 aliphatic rings. The summed E-state index contributed by atoms with van der Waals surface area (Å²) in [7, 11) is 0. The fourth-order valence-electron chi connectivity index (χ4n) is 1.91. The molecule has 0 atom stereocenters. The Bertz CT molecular complexity index is 739. The van der Waals surface area contributed by atoms with Crippen LogP contribution < -0.4 is 14.8 Å². The molecule has 0 spiro atoms. The Hall–Kier alpha value is -1.73. The van der Waals surface area contributed by atoms with Gasteiger partial charge in [0.15, 0.2) is 16.2 Å². The zero-order valence-electron chi connectivity index (χ0n) is 11.3. The molecule has 0 bridgehead atoms. The van der Waals surface area contributed by atoms with Gasteiger partial charge in [-0.3, -0.25) is 4.79 Å². The van der Waals surface area contributed by atoms with E-state index in [1.54, 1.807) is 30.3 Å². The Morgan fingerprint density at radius 2 is 1.86 bits per heavy atom. The summed E-state index contributed by atoms with van der Waals surface area (Å²) in [6.45, 7) is 1.02. The number of benzene rings is 1. The van der Waals surface area contributed by atoms with Gasteiger partial charge in [-0.15, -0.1) is 0 Å². The molecule has 0 radical (unpaired) electrons. The van der Waals surface area contributed by atoms with E-state index in [0.717, 1.165) is 4.47 Å². The largest absolute Gasteiger partial charge is 0.486 e. The first-order valence-electron chi connectivity index (χ1n) is 6.45. The Kier molecular flexibility index (Phi) is 4.54. The highest BCUT2D eigenvalue weighted by molar-refractivity contribution is 9.10. The third-order valence-electron chi connectivity index (χ3n) is 2.88. The van der Waals surface area contributed by atoms with E-state index < -0.39 is 0 Å². The average molecular weight is 429 g/mol. The summed E-state index contributed by atoms with van der Waals surface area (Å²) in [6, 6.07) is 7.02. The van der Waals surface area contributed by atoms with Crippen LogP contribution in [0.25, 0.3) is 6.08 Å². The Labute approximate surface area is 143 Å². The van der Waals surface area contributed by atoms with E-state index in [-0.39, 0.29) is 5.91 Å². The quantitative estimate of drug-likeness (QED) is 0.743. The van der Waals surface area contributed by atoms with Gasteiger partial charge in [0.25, 0.3) is 0 Å². The molecule has 2 heterocycles. The third kappa shape index (κ3) is 3.53. The predicted octanol–water partition coefficient (Wildman–Crippen LogP) is 4.23. The van der Waals surface area contributed by atoms with Gasteiger partial charge in [0, 0.05) is 22.7 Å². The number of furan rings is 1.